The second kappa shape index (κ2) is 3.65. The Morgan fingerprint density at radius 1 is 1.50 bits per heavy atom. The van der Waals surface area contributed by atoms with Gasteiger partial charge in [0.05, 0.1) is 0 Å². The predicted octanol–water partition coefficient (Wildman–Crippen LogP) is 1.83. The molecule has 1 aliphatic rings. The van der Waals surface area contributed by atoms with E-state index < -0.39 is 5.82 Å². The summed E-state index contributed by atoms with van der Waals surface area (Å²) in [5, 5.41) is 0. The number of nitrogens with zero attached hydrogens (tertiary/aromatic N) is 2. The fourth-order valence-electron chi connectivity index (χ4n) is 1.22. The minimum atomic E-state index is -0.454. The minimum Gasteiger partial charge on any atom is -0.337 e. The van der Waals surface area contributed by atoms with Gasteiger partial charge in [0.15, 0.2) is 5.82 Å². The van der Waals surface area contributed by atoms with Gasteiger partial charge in [0.1, 0.15) is 10.3 Å². The molecule has 0 N–H and O–H groups in total. The fraction of sp³-hybridized carbons (Fsp3) is 0.333. The molecule has 0 spiro atoms. The minimum absolute atomic E-state index is 0.0869. The molecule has 0 atom stereocenters. The standard InChI is InChI=1S/C9H8BrFN2O/c10-8-6(11)2-3-7(12-8)9(14)13-4-1-5-13/h2-3H,1,4-5H2. The molecule has 1 amide bonds. The number of pyridine rings is 1. The smallest absolute Gasteiger partial charge is 0.272 e. The topological polar surface area (TPSA) is 33.2 Å². The van der Waals surface area contributed by atoms with Crippen LogP contribution >= 0.6 is 15.9 Å². The van der Waals surface area contributed by atoms with Crippen LogP contribution in [0.25, 0.3) is 0 Å². The fourth-order valence-corrected chi connectivity index (χ4v) is 1.54. The summed E-state index contributed by atoms with van der Waals surface area (Å²) in [5.41, 5.74) is 0.290. The van der Waals surface area contributed by atoms with Crippen LogP contribution in [0, 0.1) is 5.82 Å². The van der Waals surface area contributed by atoms with Crippen LogP contribution in [0.4, 0.5) is 4.39 Å². The second-order valence-corrected chi connectivity index (χ2v) is 3.87. The maximum Gasteiger partial charge on any atom is 0.272 e. The Morgan fingerprint density at radius 3 is 2.71 bits per heavy atom. The number of carbonyl (C=O) groups excluding carboxylic acids is 1. The number of rotatable bonds is 1. The highest BCUT2D eigenvalue weighted by Gasteiger charge is 2.22. The highest BCUT2D eigenvalue weighted by molar-refractivity contribution is 9.10. The van der Waals surface area contributed by atoms with Crippen LogP contribution in [0.5, 0.6) is 0 Å². The van der Waals surface area contributed by atoms with Crippen molar-refractivity contribution in [1.82, 2.24) is 9.88 Å². The molecular formula is C9H8BrFN2O. The summed E-state index contributed by atoms with van der Waals surface area (Å²) in [5.74, 6) is -0.581. The summed E-state index contributed by atoms with van der Waals surface area (Å²) >= 11 is 2.95. The highest BCUT2D eigenvalue weighted by atomic mass is 79.9. The van der Waals surface area contributed by atoms with Crippen LogP contribution in [-0.4, -0.2) is 28.9 Å². The lowest BCUT2D eigenvalue weighted by Gasteiger charge is -2.30. The Balaban J connectivity index is 2.23. The molecular weight excluding hydrogens is 251 g/mol. The van der Waals surface area contributed by atoms with Crippen molar-refractivity contribution < 1.29 is 9.18 Å². The van der Waals surface area contributed by atoms with E-state index in [1.54, 1.807) is 4.90 Å². The van der Waals surface area contributed by atoms with Crippen LogP contribution in [0.15, 0.2) is 16.7 Å². The quantitative estimate of drug-likeness (QED) is 0.721. The first-order valence-electron chi connectivity index (χ1n) is 4.30. The van der Waals surface area contributed by atoms with Crippen molar-refractivity contribution >= 4 is 21.8 Å². The van der Waals surface area contributed by atoms with Crippen LogP contribution in [-0.2, 0) is 0 Å². The number of likely N-dealkylation sites (tertiary alicyclic amines) is 1. The first-order chi connectivity index (χ1) is 6.68. The zero-order valence-electron chi connectivity index (χ0n) is 7.33. The summed E-state index contributed by atoms with van der Waals surface area (Å²) < 4.78 is 12.9. The molecule has 3 nitrogen and oxygen atoms in total. The number of halogens is 2. The third kappa shape index (κ3) is 1.64. The van der Waals surface area contributed by atoms with Crippen molar-refractivity contribution in [2.24, 2.45) is 0 Å². The summed E-state index contributed by atoms with van der Waals surface area (Å²) in [6.45, 7) is 1.55. The molecule has 1 aromatic rings. The molecule has 1 fully saturated rings. The van der Waals surface area contributed by atoms with Gasteiger partial charge in [-0.05, 0) is 34.5 Å². The molecule has 2 heterocycles. The summed E-state index contributed by atoms with van der Waals surface area (Å²) in [7, 11) is 0. The van der Waals surface area contributed by atoms with E-state index in [2.05, 4.69) is 20.9 Å². The van der Waals surface area contributed by atoms with Gasteiger partial charge < -0.3 is 4.90 Å². The molecule has 74 valence electrons. The van der Waals surface area contributed by atoms with E-state index in [9.17, 15) is 9.18 Å². The lowest BCUT2D eigenvalue weighted by Crippen LogP contribution is -2.42. The van der Waals surface area contributed by atoms with Gasteiger partial charge >= 0.3 is 0 Å². The number of aromatic nitrogens is 1. The molecule has 1 saturated heterocycles. The van der Waals surface area contributed by atoms with Crippen molar-refractivity contribution in [3.63, 3.8) is 0 Å². The van der Waals surface area contributed by atoms with Gasteiger partial charge in [0.2, 0.25) is 0 Å². The average molecular weight is 259 g/mol. The van der Waals surface area contributed by atoms with Crippen molar-refractivity contribution in [2.45, 2.75) is 6.42 Å². The van der Waals surface area contributed by atoms with E-state index in [1.165, 1.54) is 12.1 Å². The largest absolute Gasteiger partial charge is 0.337 e. The SMILES string of the molecule is O=C(c1ccc(F)c(Br)n1)N1CCC1. The van der Waals surface area contributed by atoms with E-state index in [1.807, 2.05) is 0 Å². The molecule has 0 saturated carbocycles. The lowest BCUT2D eigenvalue weighted by atomic mass is 10.2. The molecule has 2 rings (SSSR count). The van der Waals surface area contributed by atoms with E-state index in [-0.39, 0.29) is 16.2 Å². The molecule has 1 aliphatic heterocycles. The van der Waals surface area contributed by atoms with Crippen LogP contribution in [0.2, 0.25) is 0 Å². The van der Waals surface area contributed by atoms with E-state index in [4.69, 9.17) is 0 Å². The predicted molar refractivity (Wildman–Crippen MR) is 52.4 cm³/mol. The van der Waals surface area contributed by atoms with Gasteiger partial charge in [0.25, 0.3) is 5.91 Å². The van der Waals surface area contributed by atoms with Gasteiger partial charge in [0, 0.05) is 13.1 Å². The number of amides is 1. The molecule has 0 radical (unpaired) electrons. The first-order valence-corrected chi connectivity index (χ1v) is 5.09. The molecule has 14 heavy (non-hydrogen) atoms. The third-order valence-corrected chi connectivity index (χ3v) is 2.72. The number of hydrogen-bond donors (Lipinski definition) is 0. The number of hydrogen-bond acceptors (Lipinski definition) is 2. The summed E-state index contributed by atoms with van der Waals surface area (Å²) in [4.78, 5) is 17.1. The van der Waals surface area contributed by atoms with Crippen molar-refractivity contribution in [3.05, 3.63) is 28.2 Å². The normalized spacial score (nSPS) is 15.1. The van der Waals surface area contributed by atoms with Crippen LogP contribution in [0.1, 0.15) is 16.9 Å². The molecule has 5 heteroatoms. The van der Waals surface area contributed by atoms with E-state index in [0.29, 0.717) is 0 Å². The van der Waals surface area contributed by atoms with Crippen LogP contribution in [0.3, 0.4) is 0 Å². The van der Waals surface area contributed by atoms with Gasteiger partial charge in [-0.2, -0.15) is 0 Å². The van der Waals surface area contributed by atoms with Gasteiger partial charge in [-0.1, -0.05) is 0 Å². The molecule has 0 unspecified atom stereocenters. The first kappa shape index (κ1) is 9.58. The molecule has 0 bridgehead atoms. The van der Waals surface area contributed by atoms with Crippen molar-refractivity contribution in [3.8, 4) is 0 Å². The number of carbonyl (C=O) groups is 1. The second-order valence-electron chi connectivity index (χ2n) is 3.11. The third-order valence-electron chi connectivity index (χ3n) is 2.17. The van der Waals surface area contributed by atoms with E-state index >= 15 is 0 Å². The highest BCUT2D eigenvalue weighted by Crippen LogP contribution is 2.15. The Morgan fingerprint density at radius 2 is 2.21 bits per heavy atom. The Hall–Kier alpha value is -0.970. The maximum atomic E-state index is 12.8. The Bertz CT molecular complexity index is 379. The monoisotopic (exact) mass is 258 g/mol. The van der Waals surface area contributed by atoms with E-state index in [0.717, 1.165) is 19.5 Å². The average Bonchev–Trinajstić information content (AvgIpc) is 2.06. The summed E-state index contributed by atoms with van der Waals surface area (Å²) in [6, 6.07) is 2.64. The lowest BCUT2D eigenvalue weighted by molar-refractivity contribution is 0.0645. The zero-order valence-corrected chi connectivity index (χ0v) is 8.92. The summed E-state index contributed by atoms with van der Waals surface area (Å²) in [6.07, 6.45) is 1.04. The van der Waals surface area contributed by atoms with Gasteiger partial charge in [-0.25, -0.2) is 9.37 Å². The van der Waals surface area contributed by atoms with Crippen molar-refractivity contribution in [2.75, 3.05) is 13.1 Å². The van der Waals surface area contributed by atoms with Crippen molar-refractivity contribution in [1.29, 1.82) is 0 Å². The van der Waals surface area contributed by atoms with Gasteiger partial charge in [-0.3, -0.25) is 4.79 Å². The maximum absolute atomic E-state index is 12.8. The Kier molecular flexibility index (Phi) is 2.50. The zero-order chi connectivity index (χ0) is 10.1. The van der Waals surface area contributed by atoms with Gasteiger partial charge in [-0.15, -0.1) is 0 Å². The molecule has 0 aliphatic carbocycles. The Labute approximate surface area is 89.1 Å². The van der Waals surface area contributed by atoms with Crippen LogP contribution < -0.4 is 0 Å². The molecule has 1 aromatic heterocycles. The molecule has 0 aromatic carbocycles.